The fourth-order valence-corrected chi connectivity index (χ4v) is 3.97. The maximum absolute atomic E-state index is 3.78. The van der Waals surface area contributed by atoms with Crippen molar-refractivity contribution in [3.05, 3.63) is 29.8 Å². The Bertz CT molecular complexity index is 421. The topological polar surface area (TPSA) is 12.0 Å². The van der Waals surface area contributed by atoms with Gasteiger partial charge in [-0.15, -0.1) is 0 Å². The van der Waals surface area contributed by atoms with E-state index in [4.69, 9.17) is 0 Å². The zero-order valence-corrected chi connectivity index (χ0v) is 11.2. The average molecular weight is 229 g/mol. The van der Waals surface area contributed by atoms with Gasteiger partial charge in [-0.05, 0) is 41.7 Å². The number of hydrogen-bond acceptors (Lipinski definition) is 1. The number of nitrogens with one attached hydrogen (secondary N) is 1. The fraction of sp³-hybridized carbons (Fsp3) is 0.625. The molecule has 3 rings (SSSR count). The summed E-state index contributed by atoms with van der Waals surface area (Å²) in [7, 11) is 0. The minimum atomic E-state index is 0.326. The molecule has 0 amide bonds. The number of rotatable bonds is 0. The number of para-hydroxylation sites is 1. The molecule has 1 saturated carbocycles. The predicted molar refractivity (Wildman–Crippen MR) is 73.4 cm³/mol. The van der Waals surface area contributed by atoms with Crippen LogP contribution in [-0.4, -0.2) is 6.04 Å². The summed E-state index contributed by atoms with van der Waals surface area (Å²) in [4.78, 5) is 0. The van der Waals surface area contributed by atoms with Gasteiger partial charge in [-0.1, -0.05) is 45.4 Å². The monoisotopic (exact) mass is 229 g/mol. The minimum Gasteiger partial charge on any atom is -0.382 e. The Hall–Kier alpha value is -0.980. The Balaban J connectivity index is 2.03. The van der Waals surface area contributed by atoms with Gasteiger partial charge in [0.15, 0.2) is 0 Å². The summed E-state index contributed by atoms with van der Waals surface area (Å²) >= 11 is 0. The zero-order valence-electron chi connectivity index (χ0n) is 11.2. The van der Waals surface area contributed by atoms with Gasteiger partial charge in [0, 0.05) is 11.7 Å². The molecule has 0 spiro atoms. The molecule has 1 N–H and O–H groups in total. The van der Waals surface area contributed by atoms with Crippen LogP contribution in [0.15, 0.2) is 24.3 Å². The van der Waals surface area contributed by atoms with Crippen molar-refractivity contribution in [2.24, 2.45) is 11.8 Å². The highest BCUT2D eigenvalue weighted by molar-refractivity contribution is 5.58. The molecule has 0 saturated heterocycles. The number of anilines is 1. The molecule has 1 fully saturated rings. The zero-order chi connectivity index (χ0) is 12.0. The molecule has 1 nitrogen and oxygen atoms in total. The highest BCUT2D eigenvalue weighted by Gasteiger charge is 2.44. The van der Waals surface area contributed by atoms with E-state index in [9.17, 15) is 0 Å². The first kappa shape index (κ1) is 11.1. The molecule has 1 heterocycles. The van der Waals surface area contributed by atoms with Crippen LogP contribution >= 0.6 is 0 Å². The Labute approximate surface area is 105 Å². The number of hydrogen-bond donors (Lipinski definition) is 1. The Morgan fingerprint density at radius 3 is 2.76 bits per heavy atom. The van der Waals surface area contributed by atoms with Crippen molar-refractivity contribution in [2.45, 2.75) is 51.5 Å². The van der Waals surface area contributed by atoms with Crippen molar-refractivity contribution in [1.82, 2.24) is 0 Å². The first-order chi connectivity index (χ1) is 8.09. The Kier molecular flexibility index (Phi) is 2.46. The van der Waals surface area contributed by atoms with Crippen LogP contribution in [0.2, 0.25) is 0 Å². The van der Waals surface area contributed by atoms with Gasteiger partial charge in [-0.25, -0.2) is 0 Å². The molecule has 2 aliphatic rings. The van der Waals surface area contributed by atoms with Crippen molar-refractivity contribution in [1.29, 1.82) is 0 Å². The SMILES string of the molecule is CC1CCC2C(C1)Nc1ccccc1C2(C)C. The van der Waals surface area contributed by atoms with Crippen LogP contribution in [0.25, 0.3) is 0 Å². The molecule has 0 bridgehead atoms. The summed E-state index contributed by atoms with van der Waals surface area (Å²) in [6, 6.07) is 9.55. The molecule has 1 aliphatic carbocycles. The second-order valence-electron chi connectivity index (χ2n) is 6.54. The lowest BCUT2D eigenvalue weighted by Gasteiger charge is -2.49. The normalized spacial score (nSPS) is 34.4. The first-order valence-electron chi connectivity index (χ1n) is 6.95. The molecule has 0 aromatic heterocycles. The third-order valence-corrected chi connectivity index (χ3v) is 5.00. The maximum Gasteiger partial charge on any atom is 0.0380 e. The largest absolute Gasteiger partial charge is 0.382 e. The molecule has 3 atom stereocenters. The van der Waals surface area contributed by atoms with Crippen LogP contribution in [0.3, 0.4) is 0 Å². The summed E-state index contributed by atoms with van der Waals surface area (Å²) in [5.41, 5.74) is 3.20. The van der Waals surface area contributed by atoms with Gasteiger partial charge < -0.3 is 5.32 Å². The molecule has 17 heavy (non-hydrogen) atoms. The molecule has 1 aromatic carbocycles. The summed E-state index contributed by atoms with van der Waals surface area (Å²) < 4.78 is 0. The molecular weight excluding hydrogens is 206 g/mol. The van der Waals surface area contributed by atoms with Crippen LogP contribution in [-0.2, 0) is 5.41 Å². The van der Waals surface area contributed by atoms with E-state index < -0.39 is 0 Å². The predicted octanol–water partition coefficient (Wildman–Crippen LogP) is 4.19. The summed E-state index contributed by atoms with van der Waals surface area (Å²) in [5, 5.41) is 3.78. The lowest BCUT2D eigenvalue weighted by Crippen LogP contribution is -2.48. The van der Waals surface area contributed by atoms with Crippen LogP contribution < -0.4 is 5.32 Å². The third-order valence-electron chi connectivity index (χ3n) is 5.00. The molecule has 92 valence electrons. The lowest BCUT2D eigenvalue weighted by atomic mass is 9.61. The van der Waals surface area contributed by atoms with Gasteiger partial charge in [0.05, 0.1) is 0 Å². The standard InChI is InChI=1S/C16H23N/c1-11-8-9-13-15(10-11)17-14-7-5-4-6-12(14)16(13,2)3/h4-7,11,13,15,17H,8-10H2,1-3H3. The van der Waals surface area contributed by atoms with Crippen molar-refractivity contribution >= 4 is 5.69 Å². The van der Waals surface area contributed by atoms with Crippen LogP contribution in [0.5, 0.6) is 0 Å². The van der Waals surface area contributed by atoms with Crippen molar-refractivity contribution in [2.75, 3.05) is 5.32 Å². The van der Waals surface area contributed by atoms with Crippen LogP contribution in [0, 0.1) is 11.8 Å². The van der Waals surface area contributed by atoms with E-state index in [-0.39, 0.29) is 0 Å². The minimum absolute atomic E-state index is 0.326. The number of benzene rings is 1. The first-order valence-corrected chi connectivity index (χ1v) is 6.95. The van der Waals surface area contributed by atoms with Gasteiger partial charge in [0.1, 0.15) is 0 Å². The Morgan fingerprint density at radius 2 is 1.94 bits per heavy atom. The molecule has 1 heteroatoms. The van der Waals surface area contributed by atoms with Gasteiger partial charge in [-0.3, -0.25) is 0 Å². The fourth-order valence-electron chi connectivity index (χ4n) is 3.97. The van der Waals surface area contributed by atoms with E-state index in [1.165, 1.54) is 30.5 Å². The average Bonchev–Trinajstić information content (AvgIpc) is 2.28. The van der Waals surface area contributed by atoms with Crippen molar-refractivity contribution < 1.29 is 0 Å². The highest BCUT2D eigenvalue weighted by atomic mass is 15.0. The van der Waals surface area contributed by atoms with Gasteiger partial charge in [0.25, 0.3) is 0 Å². The molecule has 3 unspecified atom stereocenters. The van der Waals surface area contributed by atoms with E-state index in [1.54, 1.807) is 0 Å². The molecular formula is C16H23N. The third kappa shape index (κ3) is 1.67. The lowest BCUT2D eigenvalue weighted by molar-refractivity contribution is 0.174. The Morgan fingerprint density at radius 1 is 1.18 bits per heavy atom. The van der Waals surface area contributed by atoms with E-state index in [1.807, 2.05) is 0 Å². The molecule has 0 radical (unpaired) electrons. The van der Waals surface area contributed by atoms with E-state index in [0.29, 0.717) is 11.5 Å². The van der Waals surface area contributed by atoms with Crippen molar-refractivity contribution in [3.8, 4) is 0 Å². The summed E-state index contributed by atoms with van der Waals surface area (Å²) in [5.74, 6) is 1.68. The highest BCUT2D eigenvalue weighted by Crippen LogP contribution is 2.48. The second kappa shape index (κ2) is 3.76. The van der Waals surface area contributed by atoms with E-state index >= 15 is 0 Å². The van der Waals surface area contributed by atoms with Crippen molar-refractivity contribution in [3.63, 3.8) is 0 Å². The van der Waals surface area contributed by atoms with Gasteiger partial charge in [-0.2, -0.15) is 0 Å². The summed E-state index contributed by atoms with van der Waals surface area (Å²) in [6.07, 6.45) is 4.11. The molecule has 1 aromatic rings. The number of fused-ring (bicyclic) bond motifs is 2. The van der Waals surface area contributed by atoms with Gasteiger partial charge >= 0.3 is 0 Å². The van der Waals surface area contributed by atoms with Crippen LogP contribution in [0.4, 0.5) is 5.69 Å². The van der Waals surface area contributed by atoms with E-state index in [0.717, 1.165) is 11.8 Å². The molecule has 1 aliphatic heterocycles. The van der Waals surface area contributed by atoms with E-state index in [2.05, 4.69) is 50.4 Å². The smallest absolute Gasteiger partial charge is 0.0380 e. The quantitative estimate of drug-likeness (QED) is 0.703. The maximum atomic E-state index is 3.78. The second-order valence-corrected chi connectivity index (χ2v) is 6.54. The van der Waals surface area contributed by atoms with Gasteiger partial charge in [0.2, 0.25) is 0 Å². The van der Waals surface area contributed by atoms with Crippen LogP contribution in [0.1, 0.15) is 45.6 Å². The summed E-state index contributed by atoms with van der Waals surface area (Å²) in [6.45, 7) is 7.26.